The highest BCUT2D eigenvalue weighted by Crippen LogP contribution is 2.26. The van der Waals surface area contributed by atoms with Crippen molar-refractivity contribution in [3.8, 4) is 5.75 Å². The fraction of sp³-hybridized carbons (Fsp3) is 0.467. The van der Waals surface area contributed by atoms with Crippen molar-refractivity contribution in [2.75, 3.05) is 31.6 Å². The van der Waals surface area contributed by atoms with Gasteiger partial charge in [0.1, 0.15) is 11.6 Å². The van der Waals surface area contributed by atoms with E-state index in [1.54, 1.807) is 19.1 Å². The van der Waals surface area contributed by atoms with Gasteiger partial charge in [0.25, 0.3) is 0 Å². The average molecular weight is 514 g/mol. The molecule has 36 heavy (non-hydrogen) atoms. The number of halogens is 1. The van der Waals surface area contributed by atoms with Crippen LogP contribution in [-0.2, 0) is 11.2 Å². The van der Waals surface area contributed by atoms with Gasteiger partial charge in [0.05, 0.1) is 6.61 Å². The smallest absolute Gasteiger partial charge is 0.249 e. The molecule has 1 atom stereocenters. The lowest BCUT2D eigenvalue weighted by molar-refractivity contribution is -0.111. The first-order chi connectivity index (χ1) is 17.2. The van der Waals surface area contributed by atoms with E-state index in [0.29, 0.717) is 35.7 Å². The van der Waals surface area contributed by atoms with Crippen LogP contribution in [0.25, 0.3) is 0 Å². The standard InChI is InChI=1S/C20H23ClN2O2.C10H21N/c1-4-6-20(24)23-19-8-5-7-17(22-19)12-15-11-16(21)9-10-18(15)25-13-14(2)3;1-5-8-11(7-3)9-10(4)6-2/h4-11,14H,12-13H2,1-3H3,(H,22,23,24);6,10H,2,5,7-9H2,1,3-4H3/b6-4+;. The Kier molecular flexibility index (Phi) is 15.5. The Morgan fingerprint density at radius 2 is 1.97 bits per heavy atom. The molecule has 2 aromatic rings. The molecule has 0 saturated carbocycles. The number of rotatable bonds is 13. The third-order valence-electron chi connectivity index (χ3n) is 5.28. The van der Waals surface area contributed by atoms with Crippen LogP contribution in [0.15, 0.2) is 61.2 Å². The second kappa shape index (κ2) is 17.7. The molecule has 1 N–H and O–H groups in total. The van der Waals surface area contributed by atoms with Gasteiger partial charge in [0, 0.05) is 29.2 Å². The van der Waals surface area contributed by atoms with Gasteiger partial charge < -0.3 is 15.0 Å². The molecule has 0 fully saturated rings. The summed E-state index contributed by atoms with van der Waals surface area (Å²) in [5.41, 5.74) is 1.80. The number of hydrogen-bond acceptors (Lipinski definition) is 4. The number of carbonyl (C=O) groups excluding carboxylic acids is 1. The summed E-state index contributed by atoms with van der Waals surface area (Å²) in [6.07, 6.45) is 6.99. The molecular weight excluding hydrogens is 470 g/mol. The van der Waals surface area contributed by atoms with Gasteiger partial charge in [-0.2, -0.15) is 0 Å². The lowest BCUT2D eigenvalue weighted by atomic mass is 10.1. The summed E-state index contributed by atoms with van der Waals surface area (Å²) in [6, 6.07) is 11.1. The number of benzene rings is 1. The Labute approximate surface area is 223 Å². The summed E-state index contributed by atoms with van der Waals surface area (Å²) in [6.45, 7) is 20.6. The summed E-state index contributed by atoms with van der Waals surface area (Å²) in [7, 11) is 0. The summed E-state index contributed by atoms with van der Waals surface area (Å²) in [5, 5.41) is 3.40. The molecule has 1 aromatic heterocycles. The van der Waals surface area contributed by atoms with Gasteiger partial charge in [-0.05, 0) is 74.7 Å². The van der Waals surface area contributed by atoms with E-state index < -0.39 is 0 Å². The molecule has 0 saturated heterocycles. The van der Waals surface area contributed by atoms with Crippen molar-refractivity contribution in [3.63, 3.8) is 0 Å². The predicted molar refractivity (Wildman–Crippen MR) is 154 cm³/mol. The number of allylic oxidation sites excluding steroid dienone is 1. The van der Waals surface area contributed by atoms with Crippen molar-refractivity contribution in [2.45, 2.75) is 54.4 Å². The molecule has 0 spiro atoms. The SMILES string of the molecule is C/C=C/C(=O)Nc1cccc(Cc2cc(Cl)ccc2OCC(C)C)n1.C=CC(C)CN(CC)CCC. The number of nitrogens with one attached hydrogen (secondary N) is 1. The Balaban J connectivity index is 0.000000497. The van der Waals surface area contributed by atoms with Gasteiger partial charge in [-0.3, -0.25) is 4.79 Å². The molecule has 6 heteroatoms. The molecule has 5 nitrogen and oxygen atoms in total. The highest BCUT2D eigenvalue weighted by molar-refractivity contribution is 6.30. The lowest BCUT2D eigenvalue weighted by Gasteiger charge is -2.21. The summed E-state index contributed by atoms with van der Waals surface area (Å²) < 4.78 is 5.89. The van der Waals surface area contributed by atoms with Crippen molar-refractivity contribution in [1.29, 1.82) is 0 Å². The number of anilines is 1. The maximum atomic E-state index is 11.7. The molecule has 2 rings (SSSR count). The average Bonchev–Trinajstić information content (AvgIpc) is 2.83. The first kappa shape index (κ1) is 31.4. The first-order valence-corrected chi connectivity index (χ1v) is 13.3. The minimum Gasteiger partial charge on any atom is -0.493 e. The van der Waals surface area contributed by atoms with Crippen LogP contribution in [0.2, 0.25) is 5.02 Å². The summed E-state index contributed by atoms with van der Waals surface area (Å²) in [4.78, 5) is 18.6. The molecule has 0 bridgehead atoms. The highest BCUT2D eigenvalue weighted by Gasteiger charge is 2.09. The van der Waals surface area contributed by atoms with Crippen molar-refractivity contribution in [1.82, 2.24) is 9.88 Å². The number of amides is 1. The quantitative estimate of drug-likeness (QED) is 0.224. The molecule has 1 aromatic carbocycles. The predicted octanol–water partition coefficient (Wildman–Crippen LogP) is 7.42. The largest absolute Gasteiger partial charge is 0.493 e. The highest BCUT2D eigenvalue weighted by atomic mass is 35.5. The molecular formula is C30H44ClN3O2. The molecule has 1 amide bonds. The molecule has 0 aliphatic heterocycles. The van der Waals surface area contributed by atoms with Crippen LogP contribution in [0.5, 0.6) is 5.75 Å². The molecule has 0 aliphatic rings. The van der Waals surface area contributed by atoms with Crippen LogP contribution in [0.4, 0.5) is 5.82 Å². The third kappa shape index (κ3) is 12.9. The van der Waals surface area contributed by atoms with Crippen LogP contribution in [-0.4, -0.2) is 42.0 Å². The monoisotopic (exact) mass is 513 g/mol. The van der Waals surface area contributed by atoms with Crippen molar-refractivity contribution >= 4 is 23.3 Å². The fourth-order valence-corrected chi connectivity index (χ4v) is 3.62. The summed E-state index contributed by atoms with van der Waals surface area (Å²) in [5.74, 6) is 2.19. The van der Waals surface area contributed by atoms with E-state index in [4.69, 9.17) is 16.3 Å². The maximum Gasteiger partial charge on any atom is 0.249 e. The number of carbonyl (C=O) groups is 1. The van der Waals surface area contributed by atoms with Crippen LogP contribution in [0.1, 0.15) is 59.2 Å². The van der Waals surface area contributed by atoms with Crippen molar-refractivity contribution in [3.05, 3.63) is 77.5 Å². The van der Waals surface area contributed by atoms with Crippen LogP contribution in [0, 0.1) is 11.8 Å². The zero-order valence-electron chi connectivity index (χ0n) is 22.9. The Hall–Kier alpha value is -2.63. The van der Waals surface area contributed by atoms with E-state index in [1.807, 2.05) is 36.4 Å². The van der Waals surface area contributed by atoms with Gasteiger partial charge in [-0.1, -0.05) is 64.4 Å². The topological polar surface area (TPSA) is 54.5 Å². The lowest BCUT2D eigenvalue weighted by Crippen LogP contribution is -2.28. The zero-order valence-corrected chi connectivity index (χ0v) is 23.6. The van der Waals surface area contributed by atoms with Gasteiger partial charge in [-0.15, -0.1) is 6.58 Å². The van der Waals surface area contributed by atoms with Gasteiger partial charge >= 0.3 is 0 Å². The minimum atomic E-state index is -0.198. The van der Waals surface area contributed by atoms with Gasteiger partial charge in [-0.25, -0.2) is 4.98 Å². The van der Waals surface area contributed by atoms with Gasteiger partial charge in [0.2, 0.25) is 5.91 Å². The second-order valence-corrected chi connectivity index (χ2v) is 9.68. The van der Waals surface area contributed by atoms with E-state index in [0.717, 1.165) is 30.1 Å². The van der Waals surface area contributed by atoms with Crippen molar-refractivity contribution in [2.24, 2.45) is 11.8 Å². The van der Waals surface area contributed by atoms with E-state index in [-0.39, 0.29) is 5.91 Å². The van der Waals surface area contributed by atoms with Gasteiger partial charge in [0.15, 0.2) is 0 Å². The van der Waals surface area contributed by atoms with E-state index in [1.165, 1.54) is 19.0 Å². The maximum absolute atomic E-state index is 11.7. The number of ether oxygens (including phenoxy) is 1. The Bertz CT molecular complexity index is 959. The van der Waals surface area contributed by atoms with E-state index in [2.05, 4.69) is 56.4 Å². The normalized spacial score (nSPS) is 11.8. The van der Waals surface area contributed by atoms with Crippen molar-refractivity contribution < 1.29 is 9.53 Å². The Morgan fingerprint density at radius 3 is 2.58 bits per heavy atom. The molecule has 198 valence electrons. The number of nitrogens with zero attached hydrogens (tertiary/aromatic N) is 2. The molecule has 0 aliphatic carbocycles. The molecule has 0 radical (unpaired) electrons. The van der Waals surface area contributed by atoms with E-state index in [9.17, 15) is 4.79 Å². The molecule has 1 unspecified atom stereocenters. The third-order valence-corrected chi connectivity index (χ3v) is 5.51. The van der Waals surface area contributed by atoms with Crippen LogP contribution >= 0.6 is 11.6 Å². The van der Waals surface area contributed by atoms with E-state index >= 15 is 0 Å². The first-order valence-electron chi connectivity index (χ1n) is 12.9. The number of aromatic nitrogens is 1. The Morgan fingerprint density at radius 1 is 1.22 bits per heavy atom. The summed E-state index contributed by atoms with van der Waals surface area (Å²) >= 11 is 6.14. The second-order valence-electron chi connectivity index (χ2n) is 9.24. The minimum absolute atomic E-state index is 0.198. The van der Waals surface area contributed by atoms with Crippen LogP contribution < -0.4 is 10.1 Å². The molecule has 1 heterocycles. The number of hydrogen-bond donors (Lipinski definition) is 1. The number of pyridine rings is 1. The zero-order chi connectivity index (χ0) is 26.9. The van der Waals surface area contributed by atoms with Crippen LogP contribution in [0.3, 0.4) is 0 Å². The fourth-order valence-electron chi connectivity index (χ4n) is 3.42.